The van der Waals surface area contributed by atoms with Crippen molar-refractivity contribution < 1.29 is 4.79 Å². The monoisotopic (exact) mass is 214 g/mol. The van der Waals surface area contributed by atoms with E-state index in [1.807, 2.05) is 25.1 Å². The highest BCUT2D eigenvalue weighted by molar-refractivity contribution is 8.00. The Labute approximate surface area is 87.5 Å². The molecule has 0 unspecified atom stereocenters. The molecule has 0 atom stereocenters. The van der Waals surface area contributed by atoms with Crippen molar-refractivity contribution in [1.82, 2.24) is 0 Å². The van der Waals surface area contributed by atoms with Gasteiger partial charge in [0, 0.05) is 4.90 Å². The van der Waals surface area contributed by atoms with Crippen molar-refractivity contribution in [3.05, 3.63) is 28.8 Å². The van der Waals surface area contributed by atoms with Crippen LogP contribution in [0.2, 0.25) is 5.02 Å². The van der Waals surface area contributed by atoms with Crippen LogP contribution in [0, 0.1) is 6.92 Å². The van der Waals surface area contributed by atoms with E-state index in [1.165, 1.54) is 11.8 Å². The van der Waals surface area contributed by atoms with Crippen LogP contribution in [0.15, 0.2) is 23.1 Å². The lowest BCUT2D eigenvalue weighted by molar-refractivity contribution is -0.114. The summed E-state index contributed by atoms with van der Waals surface area (Å²) < 4.78 is 0. The average Bonchev–Trinajstić information content (AvgIpc) is 2.02. The molecule has 0 bridgehead atoms. The summed E-state index contributed by atoms with van der Waals surface area (Å²) >= 11 is 7.46. The van der Waals surface area contributed by atoms with Crippen molar-refractivity contribution in [1.29, 1.82) is 0 Å². The van der Waals surface area contributed by atoms with Crippen LogP contribution in [0.25, 0.3) is 0 Å². The van der Waals surface area contributed by atoms with Gasteiger partial charge in [-0.25, -0.2) is 0 Å². The molecule has 0 heterocycles. The molecule has 0 N–H and O–H groups in total. The molecule has 0 saturated carbocycles. The molecule has 0 amide bonds. The molecule has 0 saturated heterocycles. The smallest absolute Gasteiger partial charge is 0.140 e. The van der Waals surface area contributed by atoms with Gasteiger partial charge in [-0.2, -0.15) is 0 Å². The largest absolute Gasteiger partial charge is 0.299 e. The fraction of sp³-hybridized carbons (Fsp3) is 0.300. The number of thioether (sulfide) groups is 1. The Bertz CT molecular complexity index is 323. The van der Waals surface area contributed by atoms with Gasteiger partial charge >= 0.3 is 0 Å². The Morgan fingerprint density at radius 2 is 2.23 bits per heavy atom. The summed E-state index contributed by atoms with van der Waals surface area (Å²) in [4.78, 5) is 11.7. The predicted octanol–water partition coefficient (Wildman–Crippen LogP) is 3.33. The second-order valence-corrected chi connectivity index (χ2v) is 4.35. The molecule has 3 heteroatoms. The minimum absolute atomic E-state index is 0.168. The van der Waals surface area contributed by atoms with Gasteiger partial charge < -0.3 is 0 Å². The number of carbonyl (C=O) groups excluding carboxylic acids is 1. The van der Waals surface area contributed by atoms with Gasteiger partial charge in [0.1, 0.15) is 5.78 Å². The van der Waals surface area contributed by atoms with Crippen LogP contribution < -0.4 is 0 Å². The van der Waals surface area contributed by atoms with E-state index in [1.54, 1.807) is 6.92 Å². The fourth-order valence-corrected chi connectivity index (χ4v) is 2.02. The Kier molecular flexibility index (Phi) is 3.82. The first kappa shape index (κ1) is 10.6. The maximum absolute atomic E-state index is 10.7. The van der Waals surface area contributed by atoms with E-state index in [4.69, 9.17) is 11.6 Å². The zero-order valence-corrected chi connectivity index (χ0v) is 9.21. The lowest BCUT2D eigenvalue weighted by Crippen LogP contribution is -1.92. The summed E-state index contributed by atoms with van der Waals surface area (Å²) in [6, 6.07) is 5.85. The zero-order valence-electron chi connectivity index (χ0n) is 7.63. The van der Waals surface area contributed by atoms with Gasteiger partial charge in [-0.05, 0) is 31.5 Å². The molecule has 0 fully saturated rings. The number of hydrogen-bond donors (Lipinski definition) is 0. The highest BCUT2D eigenvalue weighted by Crippen LogP contribution is 2.27. The Balaban J connectivity index is 2.72. The van der Waals surface area contributed by atoms with Crippen molar-refractivity contribution in [3.8, 4) is 0 Å². The van der Waals surface area contributed by atoms with E-state index in [0.717, 1.165) is 15.5 Å². The summed E-state index contributed by atoms with van der Waals surface area (Å²) in [5.41, 5.74) is 1.14. The van der Waals surface area contributed by atoms with E-state index < -0.39 is 0 Å². The van der Waals surface area contributed by atoms with Gasteiger partial charge in [0.25, 0.3) is 0 Å². The number of Topliss-reactive ketones (excluding diaryl/α,β-unsaturated/α-hetero) is 1. The summed E-state index contributed by atoms with van der Waals surface area (Å²) in [5.74, 6) is 0.657. The van der Waals surface area contributed by atoms with E-state index in [0.29, 0.717) is 5.75 Å². The second-order valence-electron chi connectivity index (χ2n) is 2.92. The molecule has 0 radical (unpaired) electrons. The van der Waals surface area contributed by atoms with Crippen molar-refractivity contribution in [3.63, 3.8) is 0 Å². The third-order valence-electron chi connectivity index (χ3n) is 1.52. The minimum Gasteiger partial charge on any atom is -0.299 e. The van der Waals surface area contributed by atoms with Gasteiger partial charge in [0.05, 0.1) is 10.8 Å². The third-order valence-corrected chi connectivity index (χ3v) is 3.16. The van der Waals surface area contributed by atoms with Crippen molar-refractivity contribution in [2.45, 2.75) is 18.7 Å². The van der Waals surface area contributed by atoms with Crippen LogP contribution in [0.5, 0.6) is 0 Å². The standard InChI is InChI=1S/C10H11ClOS/c1-7-3-4-10(9(11)5-7)13-6-8(2)12/h3-5H,6H2,1-2H3. The van der Waals surface area contributed by atoms with Crippen molar-refractivity contribution in [2.75, 3.05) is 5.75 Å². The number of carbonyl (C=O) groups is 1. The number of ketones is 1. The normalized spacial score (nSPS) is 10.1. The number of rotatable bonds is 3. The molecule has 1 aromatic carbocycles. The molecule has 0 aliphatic rings. The Hall–Kier alpha value is -0.470. The van der Waals surface area contributed by atoms with Gasteiger partial charge in [0.15, 0.2) is 0 Å². The molecule has 13 heavy (non-hydrogen) atoms. The van der Waals surface area contributed by atoms with E-state index in [2.05, 4.69) is 0 Å². The average molecular weight is 215 g/mol. The summed E-state index contributed by atoms with van der Waals surface area (Å²) in [6.07, 6.45) is 0. The Morgan fingerprint density at radius 3 is 2.77 bits per heavy atom. The lowest BCUT2D eigenvalue weighted by atomic mass is 10.2. The fourth-order valence-electron chi connectivity index (χ4n) is 0.902. The topological polar surface area (TPSA) is 17.1 Å². The molecule has 0 aromatic heterocycles. The molecule has 1 aromatic rings. The quantitative estimate of drug-likeness (QED) is 0.718. The summed E-state index contributed by atoms with van der Waals surface area (Å²) in [6.45, 7) is 3.57. The van der Waals surface area contributed by atoms with Crippen LogP contribution >= 0.6 is 23.4 Å². The van der Waals surface area contributed by atoms with E-state index >= 15 is 0 Å². The SMILES string of the molecule is CC(=O)CSc1ccc(C)cc1Cl. The van der Waals surface area contributed by atoms with Crippen LogP contribution in [-0.2, 0) is 4.79 Å². The molecule has 0 aliphatic carbocycles. The predicted molar refractivity (Wildman–Crippen MR) is 57.6 cm³/mol. The lowest BCUT2D eigenvalue weighted by Gasteiger charge is -2.02. The van der Waals surface area contributed by atoms with Crippen molar-refractivity contribution in [2.24, 2.45) is 0 Å². The first-order valence-electron chi connectivity index (χ1n) is 3.98. The molecule has 1 rings (SSSR count). The molecule has 70 valence electrons. The van der Waals surface area contributed by atoms with Crippen molar-refractivity contribution >= 4 is 29.1 Å². The van der Waals surface area contributed by atoms with Gasteiger partial charge in [-0.3, -0.25) is 4.79 Å². The van der Waals surface area contributed by atoms with Gasteiger partial charge in [0.2, 0.25) is 0 Å². The molecular weight excluding hydrogens is 204 g/mol. The van der Waals surface area contributed by atoms with E-state index in [-0.39, 0.29) is 5.78 Å². The number of benzene rings is 1. The van der Waals surface area contributed by atoms with Crippen LogP contribution in [0.3, 0.4) is 0 Å². The Morgan fingerprint density at radius 1 is 1.54 bits per heavy atom. The summed E-state index contributed by atoms with van der Waals surface area (Å²) in [7, 11) is 0. The molecule has 1 nitrogen and oxygen atoms in total. The maximum atomic E-state index is 10.7. The van der Waals surface area contributed by atoms with Crippen LogP contribution in [0.1, 0.15) is 12.5 Å². The first-order valence-corrected chi connectivity index (χ1v) is 5.34. The van der Waals surface area contributed by atoms with Crippen LogP contribution in [-0.4, -0.2) is 11.5 Å². The number of aryl methyl sites for hydroxylation is 1. The van der Waals surface area contributed by atoms with E-state index in [9.17, 15) is 4.79 Å². The third kappa shape index (κ3) is 3.41. The molecule has 0 aliphatic heterocycles. The summed E-state index contributed by atoms with van der Waals surface area (Å²) in [5, 5.41) is 0.728. The maximum Gasteiger partial charge on any atom is 0.140 e. The zero-order chi connectivity index (χ0) is 9.84. The second kappa shape index (κ2) is 4.68. The highest BCUT2D eigenvalue weighted by atomic mass is 35.5. The van der Waals surface area contributed by atoms with Gasteiger partial charge in [-0.1, -0.05) is 17.7 Å². The highest BCUT2D eigenvalue weighted by Gasteiger charge is 2.02. The van der Waals surface area contributed by atoms with Crippen LogP contribution in [0.4, 0.5) is 0 Å². The number of halogens is 1. The first-order chi connectivity index (χ1) is 6.09. The van der Waals surface area contributed by atoms with Gasteiger partial charge in [-0.15, -0.1) is 11.8 Å². The molecule has 0 spiro atoms. The molecular formula is C10H11ClOS. The minimum atomic E-state index is 0.168. The number of hydrogen-bond acceptors (Lipinski definition) is 2.